The summed E-state index contributed by atoms with van der Waals surface area (Å²) in [4.78, 5) is 21.0. The first kappa shape index (κ1) is 12.8. The molecule has 0 bridgehead atoms. The van der Waals surface area contributed by atoms with Gasteiger partial charge in [-0.15, -0.1) is 0 Å². The van der Waals surface area contributed by atoms with E-state index in [0.29, 0.717) is 6.42 Å². The first-order valence-corrected chi connectivity index (χ1v) is 2.89. The lowest BCUT2D eigenvalue weighted by molar-refractivity contribution is -0.156. The second kappa shape index (κ2) is 4.88. The van der Waals surface area contributed by atoms with Gasteiger partial charge in [0.25, 0.3) is 0 Å². The molecule has 1 unspecified atom stereocenters. The van der Waals surface area contributed by atoms with Gasteiger partial charge < -0.3 is 4.74 Å². The molecule has 0 aromatic carbocycles. The minimum Gasteiger partial charge on any atom is -0.462 e. The lowest BCUT2D eigenvalue weighted by Crippen LogP contribution is -2.27. The highest BCUT2D eigenvalue weighted by atomic mass is 16.5. The number of rotatable bonds is 0. The third kappa shape index (κ3) is 3.75. The zero-order chi connectivity index (χ0) is 6.85. The molecule has 66 valence electrons. The van der Waals surface area contributed by atoms with Gasteiger partial charge in [-0.05, 0) is 6.92 Å². The molecule has 3 nitrogen and oxygen atoms in total. The fourth-order valence-electron chi connectivity index (χ4n) is 0.861. The summed E-state index contributed by atoms with van der Waals surface area (Å²) in [6.07, 6.45) is 0.134. The molecule has 0 N–H and O–H groups in total. The number of cyclic esters (lactones) is 1. The summed E-state index contributed by atoms with van der Waals surface area (Å²) in [5.74, 6) is -0.405. The minimum atomic E-state index is -0.390. The molecule has 1 aliphatic heterocycles. The minimum absolute atomic E-state index is 0. The van der Waals surface area contributed by atoms with E-state index in [9.17, 15) is 9.59 Å². The van der Waals surface area contributed by atoms with Crippen molar-refractivity contribution in [2.24, 2.45) is 0 Å². The SMILES string of the molecule is C.C.CC1CC(=O)CC(=O)O1. The molecule has 1 aliphatic rings. The molecule has 1 saturated heterocycles. The summed E-state index contributed by atoms with van der Waals surface area (Å²) >= 11 is 0. The van der Waals surface area contributed by atoms with Crippen molar-refractivity contribution in [3.05, 3.63) is 0 Å². The molecule has 11 heavy (non-hydrogen) atoms. The summed E-state index contributed by atoms with van der Waals surface area (Å²) in [7, 11) is 0. The van der Waals surface area contributed by atoms with Crippen LogP contribution in [-0.2, 0) is 14.3 Å². The Bertz CT molecular complexity index is 135. The van der Waals surface area contributed by atoms with Gasteiger partial charge in [-0.2, -0.15) is 0 Å². The van der Waals surface area contributed by atoms with E-state index < -0.39 is 5.97 Å². The average Bonchev–Trinajstić information content (AvgIpc) is 1.59. The number of Topliss-reactive ketones (excluding diaryl/α,β-unsaturated/α-hetero) is 1. The molecule has 1 heterocycles. The third-order valence-electron chi connectivity index (χ3n) is 1.19. The van der Waals surface area contributed by atoms with Crippen molar-refractivity contribution in [3.8, 4) is 0 Å². The standard InChI is InChI=1S/C6H8O3.2CH4/c1-4-2-5(7)3-6(8)9-4;;/h4H,2-3H2,1H3;2*1H4. The van der Waals surface area contributed by atoms with Crippen LogP contribution in [0.2, 0.25) is 0 Å². The van der Waals surface area contributed by atoms with Crippen molar-refractivity contribution in [3.63, 3.8) is 0 Å². The van der Waals surface area contributed by atoms with Crippen molar-refractivity contribution in [2.45, 2.75) is 40.7 Å². The summed E-state index contributed by atoms with van der Waals surface area (Å²) in [5.41, 5.74) is 0. The van der Waals surface area contributed by atoms with Crippen LogP contribution in [0.1, 0.15) is 34.6 Å². The fraction of sp³-hybridized carbons (Fsp3) is 0.750. The Balaban J connectivity index is 0. The normalized spacial score (nSPS) is 22.8. The van der Waals surface area contributed by atoms with Crippen molar-refractivity contribution in [1.82, 2.24) is 0 Å². The summed E-state index contributed by atoms with van der Waals surface area (Å²) < 4.78 is 4.70. The van der Waals surface area contributed by atoms with Gasteiger partial charge in [-0.25, -0.2) is 0 Å². The number of carbonyl (C=O) groups is 2. The topological polar surface area (TPSA) is 43.4 Å². The predicted octanol–water partition coefficient (Wildman–Crippen LogP) is 1.55. The van der Waals surface area contributed by atoms with Gasteiger partial charge in [0.1, 0.15) is 18.3 Å². The second-order valence-electron chi connectivity index (χ2n) is 2.22. The van der Waals surface area contributed by atoms with Crippen molar-refractivity contribution in [2.75, 3.05) is 0 Å². The van der Waals surface area contributed by atoms with Crippen LogP contribution in [-0.4, -0.2) is 17.9 Å². The molecule has 1 fully saturated rings. The Morgan fingerprint density at radius 2 is 1.91 bits per heavy atom. The Kier molecular flexibility index (Phi) is 5.67. The molecule has 0 radical (unpaired) electrons. The lowest BCUT2D eigenvalue weighted by atomic mass is 10.1. The average molecular weight is 160 g/mol. The predicted molar refractivity (Wildman–Crippen MR) is 43.3 cm³/mol. The van der Waals surface area contributed by atoms with E-state index in [4.69, 9.17) is 4.74 Å². The maximum atomic E-state index is 10.6. The number of hydrogen-bond acceptors (Lipinski definition) is 3. The first-order chi connectivity index (χ1) is 4.18. The van der Waals surface area contributed by atoms with Crippen molar-refractivity contribution < 1.29 is 14.3 Å². The van der Waals surface area contributed by atoms with E-state index in [1.54, 1.807) is 6.92 Å². The number of esters is 1. The molecule has 0 spiro atoms. The number of hydrogen-bond donors (Lipinski definition) is 0. The zero-order valence-corrected chi connectivity index (χ0v) is 5.22. The molecular formula is C8H16O3. The van der Waals surface area contributed by atoms with E-state index in [2.05, 4.69) is 0 Å². The molecule has 0 saturated carbocycles. The molecule has 1 atom stereocenters. The van der Waals surface area contributed by atoms with Gasteiger partial charge in [-0.1, -0.05) is 14.9 Å². The number of ether oxygens (including phenoxy) is 1. The highest BCUT2D eigenvalue weighted by molar-refractivity contribution is 5.97. The summed E-state index contributed by atoms with van der Waals surface area (Å²) in [5, 5.41) is 0. The molecule has 0 aromatic rings. The van der Waals surface area contributed by atoms with Gasteiger partial charge in [-0.3, -0.25) is 9.59 Å². The van der Waals surface area contributed by atoms with E-state index in [1.807, 2.05) is 0 Å². The molecule has 0 aromatic heterocycles. The Morgan fingerprint density at radius 3 is 2.27 bits per heavy atom. The van der Waals surface area contributed by atoms with Crippen LogP contribution in [0.25, 0.3) is 0 Å². The van der Waals surface area contributed by atoms with E-state index >= 15 is 0 Å². The van der Waals surface area contributed by atoms with Crippen LogP contribution in [0.4, 0.5) is 0 Å². The van der Waals surface area contributed by atoms with E-state index in [0.717, 1.165) is 0 Å². The molecular weight excluding hydrogens is 144 g/mol. The van der Waals surface area contributed by atoms with Gasteiger partial charge >= 0.3 is 5.97 Å². The lowest BCUT2D eigenvalue weighted by Gasteiger charge is -2.16. The second-order valence-corrected chi connectivity index (χ2v) is 2.22. The van der Waals surface area contributed by atoms with Crippen LogP contribution in [0.15, 0.2) is 0 Å². The van der Waals surface area contributed by atoms with Crippen LogP contribution in [0.3, 0.4) is 0 Å². The van der Waals surface area contributed by atoms with Gasteiger partial charge in [0, 0.05) is 6.42 Å². The van der Waals surface area contributed by atoms with Gasteiger partial charge in [0.05, 0.1) is 0 Å². The van der Waals surface area contributed by atoms with Crippen LogP contribution in [0.5, 0.6) is 0 Å². The van der Waals surface area contributed by atoms with Gasteiger partial charge in [0.15, 0.2) is 0 Å². The van der Waals surface area contributed by atoms with Gasteiger partial charge in [0.2, 0.25) is 0 Å². The van der Waals surface area contributed by atoms with Crippen molar-refractivity contribution >= 4 is 11.8 Å². The Labute approximate surface area is 67.7 Å². The Hall–Kier alpha value is -0.860. The quantitative estimate of drug-likeness (QED) is 0.399. The van der Waals surface area contributed by atoms with E-state index in [-0.39, 0.29) is 33.2 Å². The third-order valence-corrected chi connectivity index (χ3v) is 1.19. The first-order valence-electron chi connectivity index (χ1n) is 2.89. The molecule has 1 rings (SSSR count). The monoisotopic (exact) mass is 160 g/mol. The maximum Gasteiger partial charge on any atom is 0.313 e. The van der Waals surface area contributed by atoms with Crippen molar-refractivity contribution in [1.29, 1.82) is 0 Å². The number of carbonyl (C=O) groups excluding carboxylic acids is 2. The Morgan fingerprint density at radius 1 is 1.36 bits per heavy atom. The largest absolute Gasteiger partial charge is 0.462 e. The fourth-order valence-corrected chi connectivity index (χ4v) is 0.861. The smallest absolute Gasteiger partial charge is 0.313 e. The highest BCUT2D eigenvalue weighted by Crippen LogP contribution is 2.09. The van der Waals surface area contributed by atoms with Crippen LogP contribution in [0, 0.1) is 0 Å². The highest BCUT2D eigenvalue weighted by Gasteiger charge is 2.22. The zero-order valence-electron chi connectivity index (χ0n) is 5.22. The summed E-state index contributed by atoms with van der Waals surface area (Å²) in [6.45, 7) is 1.72. The molecule has 0 aliphatic carbocycles. The van der Waals surface area contributed by atoms with E-state index in [1.165, 1.54) is 0 Å². The number of ketones is 1. The molecule has 3 heteroatoms. The summed E-state index contributed by atoms with van der Waals surface area (Å²) in [6, 6.07) is 0. The molecule has 0 amide bonds. The van der Waals surface area contributed by atoms with Crippen LogP contribution < -0.4 is 0 Å². The maximum absolute atomic E-state index is 10.6. The van der Waals surface area contributed by atoms with Crippen LogP contribution >= 0.6 is 0 Å².